The molecule has 0 fully saturated rings. The first-order chi connectivity index (χ1) is 10.0. The van der Waals surface area contributed by atoms with Crippen molar-refractivity contribution in [1.29, 1.82) is 0 Å². The monoisotopic (exact) mass is 355 g/mol. The van der Waals surface area contributed by atoms with E-state index in [0.29, 0.717) is 6.42 Å². The highest BCUT2D eigenvalue weighted by molar-refractivity contribution is 9.10. The smallest absolute Gasteiger partial charge is 0.165 e. The number of rotatable bonds is 5. The van der Waals surface area contributed by atoms with Crippen LogP contribution >= 0.6 is 15.9 Å². The summed E-state index contributed by atoms with van der Waals surface area (Å²) < 4.78 is 32.9. The molecule has 21 heavy (non-hydrogen) atoms. The van der Waals surface area contributed by atoms with Crippen molar-refractivity contribution >= 4 is 15.9 Å². The van der Waals surface area contributed by atoms with Crippen LogP contribution in [0.3, 0.4) is 0 Å². The first-order valence-electron chi connectivity index (χ1n) is 6.49. The molecule has 0 aromatic heterocycles. The Bertz CT molecular complexity index is 634. The standard InChI is InChI=1S/C16H16BrF2NO/c1-20-15(12-9-11(18)4-5-13(12)17)8-10-3-6-16(21-2)14(19)7-10/h3-7,9,15,20H,8H2,1-2H3. The summed E-state index contributed by atoms with van der Waals surface area (Å²) in [5.74, 6) is -0.482. The SMILES string of the molecule is CNC(Cc1ccc(OC)c(F)c1)c1cc(F)ccc1Br. The first kappa shape index (κ1) is 15.9. The Labute approximate surface area is 131 Å². The summed E-state index contributed by atoms with van der Waals surface area (Å²) in [5.41, 5.74) is 1.61. The van der Waals surface area contributed by atoms with Crippen molar-refractivity contribution in [3.05, 3.63) is 63.6 Å². The predicted molar refractivity (Wildman–Crippen MR) is 82.6 cm³/mol. The van der Waals surface area contributed by atoms with E-state index in [9.17, 15) is 8.78 Å². The molecule has 2 aromatic rings. The van der Waals surface area contributed by atoms with E-state index < -0.39 is 5.82 Å². The summed E-state index contributed by atoms with van der Waals surface area (Å²) in [6.07, 6.45) is 0.541. The minimum atomic E-state index is -0.400. The summed E-state index contributed by atoms with van der Waals surface area (Å²) in [7, 11) is 3.22. The number of hydrogen-bond acceptors (Lipinski definition) is 2. The van der Waals surface area contributed by atoms with Gasteiger partial charge in [-0.3, -0.25) is 0 Å². The van der Waals surface area contributed by atoms with Gasteiger partial charge in [0.25, 0.3) is 0 Å². The van der Waals surface area contributed by atoms with Gasteiger partial charge in [-0.05, 0) is 54.9 Å². The largest absolute Gasteiger partial charge is 0.494 e. The van der Waals surface area contributed by atoms with E-state index in [1.807, 2.05) is 0 Å². The Morgan fingerprint density at radius 2 is 1.95 bits per heavy atom. The van der Waals surface area contributed by atoms with Crippen molar-refractivity contribution in [2.24, 2.45) is 0 Å². The normalized spacial score (nSPS) is 12.2. The highest BCUT2D eigenvalue weighted by atomic mass is 79.9. The lowest BCUT2D eigenvalue weighted by Gasteiger charge is -2.19. The molecule has 1 atom stereocenters. The molecule has 0 heterocycles. The Morgan fingerprint density at radius 3 is 2.57 bits per heavy atom. The number of methoxy groups -OCH3 is 1. The number of halogens is 3. The fourth-order valence-corrected chi connectivity index (χ4v) is 2.74. The Hall–Kier alpha value is -1.46. The number of nitrogens with one attached hydrogen (secondary N) is 1. The van der Waals surface area contributed by atoms with Gasteiger partial charge in [-0.2, -0.15) is 0 Å². The molecular formula is C16H16BrF2NO. The minimum Gasteiger partial charge on any atom is -0.494 e. The van der Waals surface area contributed by atoms with Crippen LogP contribution in [0.4, 0.5) is 8.78 Å². The zero-order chi connectivity index (χ0) is 15.4. The fourth-order valence-electron chi connectivity index (χ4n) is 2.22. The van der Waals surface area contributed by atoms with E-state index in [0.717, 1.165) is 15.6 Å². The molecular weight excluding hydrogens is 340 g/mol. The molecule has 0 aliphatic carbocycles. The van der Waals surface area contributed by atoms with Crippen molar-refractivity contribution in [2.45, 2.75) is 12.5 Å². The van der Waals surface area contributed by atoms with Gasteiger partial charge in [0.1, 0.15) is 5.82 Å². The zero-order valence-electron chi connectivity index (χ0n) is 11.8. The third-order valence-corrected chi connectivity index (χ3v) is 4.06. The quantitative estimate of drug-likeness (QED) is 0.865. The lowest BCUT2D eigenvalue weighted by atomic mass is 9.98. The predicted octanol–water partition coefficient (Wildman–Crippen LogP) is 4.24. The Morgan fingerprint density at radius 1 is 1.19 bits per heavy atom. The maximum Gasteiger partial charge on any atom is 0.165 e. The van der Waals surface area contributed by atoms with Crippen LogP contribution in [0.2, 0.25) is 0 Å². The van der Waals surface area contributed by atoms with Crippen molar-refractivity contribution in [1.82, 2.24) is 5.32 Å². The van der Waals surface area contributed by atoms with Crippen LogP contribution in [0.15, 0.2) is 40.9 Å². The minimum absolute atomic E-state index is 0.122. The summed E-state index contributed by atoms with van der Waals surface area (Å²) in [4.78, 5) is 0. The highest BCUT2D eigenvalue weighted by Gasteiger charge is 2.15. The molecule has 5 heteroatoms. The molecule has 0 radical (unpaired) electrons. The number of hydrogen-bond donors (Lipinski definition) is 1. The van der Waals surface area contributed by atoms with Crippen molar-refractivity contribution in [2.75, 3.05) is 14.2 Å². The molecule has 0 spiro atoms. The molecule has 0 saturated carbocycles. The van der Waals surface area contributed by atoms with E-state index in [1.165, 1.54) is 25.3 Å². The van der Waals surface area contributed by atoms with Gasteiger partial charge in [-0.25, -0.2) is 8.78 Å². The molecule has 1 N–H and O–H groups in total. The van der Waals surface area contributed by atoms with Crippen LogP contribution in [0.5, 0.6) is 5.75 Å². The third-order valence-electron chi connectivity index (χ3n) is 3.34. The third kappa shape index (κ3) is 3.80. The second-order valence-corrected chi connectivity index (χ2v) is 5.53. The zero-order valence-corrected chi connectivity index (χ0v) is 13.4. The number of likely N-dealkylation sites (N-methyl/N-ethyl adjacent to an activating group) is 1. The van der Waals surface area contributed by atoms with E-state index >= 15 is 0 Å². The molecule has 2 nitrogen and oxygen atoms in total. The van der Waals surface area contributed by atoms with Gasteiger partial charge >= 0.3 is 0 Å². The molecule has 2 rings (SSSR count). The van der Waals surface area contributed by atoms with E-state index in [1.54, 1.807) is 25.2 Å². The van der Waals surface area contributed by atoms with Gasteiger partial charge < -0.3 is 10.1 Å². The summed E-state index contributed by atoms with van der Waals surface area (Å²) >= 11 is 3.42. The van der Waals surface area contributed by atoms with Crippen LogP contribution in [0.1, 0.15) is 17.2 Å². The topological polar surface area (TPSA) is 21.3 Å². The Balaban J connectivity index is 2.26. The first-order valence-corrected chi connectivity index (χ1v) is 7.29. The van der Waals surface area contributed by atoms with Crippen LogP contribution in [0, 0.1) is 11.6 Å². The summed E-state index contributed by atoms with van der Waals surface area (Å²) in [5, 5.41) is 3.13. The highest BCUT2D eigenvalue weighted by Crippen LogP contribution is 2.28. The van der Waals surface area contributed by atoms with Crippen molar-refractivity contribution < 1.29 is 13.5 Å². The lowest BCUT2D eigenvalue weighted by molar-refractivity contribution is 0.386. The van der Waals surface area contributed by atoms with Crippen LogP contribution in [-0.4, -0.2) is 14.2 Å². The lowest BCUT2D eigenvalue weighted by Crippen LogP contribution is -2.19. The van der Waals surface area contributed by atoms with E-state index in [-0.39, 0.29) is 17.6 Å². The van der Waals surface area contributed by atoms with E-state index in [4.69, 9.17) is 4.74 Å². The molecule has 0 amide bonds. The molecule has 2 aromatic carbocycles. The number of benzene rings is 2. The average Bonchev–Trinajstić information content (AvgIpc) is 2.47. The average molecular weight is 356 g/mol. The summed E-state index contributed by atoms with van der Waals surface area (Å²) in [6.45, 7) is 0. The van der Waals surface area contributed by atoms with E-state index in [2.05, 4.69) is 21.2 Å². The summed E-state index contributed by atoms with van der Waals surface area (Å²) in [6, 6.07) is 9.26. The van der Waals surface area contributed by atoms with Crippen molar-refractivity contribution in [3.63, 3.8) is 0 Å². The van der Waals surface area contributed by atoms with Gasteiger partial charge in [-0.1, -0.05) is 22.0 Å². The molecule has 112 valence electrons. The number of ether oxygens (including phenoxy) is 1. The molecule has 0 saturated heterocycles. The fraction of sp³-hybridized carbons (Fsp3) is 0.250. The van der Waals surface area contributed by atoms with Gasteiger partial charge in [-0.15, -0.1) is 0 Å². The maximum atomic E-state index is 13.7. The van der Waals surface area contributed by atoms with Crippen LogP contribution in [0.25, 0.3) is 0 Å². The second-order valence-electron chi connectivity index (χ2n) is 4.68. The maximum absolute atomic E-state index is 13.7. The van der Waals surface area contributed by atoms with Gasteiger partial charge in [0.15, 0.2) is 11.6 Å². The van der Waals surface area contributed by atoms with Gasteiger partial charge in [0.2, 0.25) is 0 Å². The van der Waals surface area contributed by atoms with Crippen molar-refractivity contribution in [3.8, 4) is 5.75 Å². The Kier molecular flexibility index (Phi) is 5.31. The molecule has 0 bridgehead atoms. The van der Waals surface area contributed by atoms with Gasteiger partial charge in [0.05, 0.1) is 7.11 Å². The molecule has 1 unspecified atom stereocenters. The van der Waals surface area contributed by atoms with Crippen LogP contribution < -0.4 is 10.1 Å². The van der Waals surface area contributed by atoms with Crippen LogP contribution in [-0.2, 0) is 6.42 Å². The molecule has 0 aliphatic heterocycles. The molecule has 0 aliphatic rings. The second kappa shape index (κ2) is 7.00. The van der Waals surface area contributed by atoms with Gasteiger partial charge in [0, 0.05) is 10.5 Å².